The summed E-state index contributed by atoms with van der Waals surface area (Å²) < 4.78 is 55.9. The number of pyridine rings is 2. The number of carbonyl (C=O) groups excluding carboxylic acids is 1. The number of hydrogen-bond acceptors (Lipinski definition) is 5. The van der Waals surface area contributed by atoms with Gasteiger partial charge >= 0.3 is 0 Å². The number of anilines is 1. The molecule has 0 spiro atoms. The smallest absolute Gasteiger partial charge is 0.266 e. The van der Waals surface area contributed by atoms with Crippen LogP contribution in [0.5, 0.6) is 0 Å². The number of nitrogens with zero attached hydrogens (tertiary/aromatic N) is 3. The number of amides is 1. The zero-order chi connectivity index (χ0) is 25.6. The first kappa shape index (κ1) is 24.4. The lowest BCUT2D eigenvalue weighted by molar-refractivity contribution is -0.137. The Kier molecular flexibility index (Phi) is 6.32. The van der Waals surface area contributed by atoms with Crippen LogP contribution >= 0.6 is 0 Å². The van der Waals surface area contributed by atoms with E-state index in [1.165, 1.54) is 18.3 Å². The van der Waals surface area contributed by atoms with E-state index in [2.05, 4.69) is 15.3 Å². The molecule has 2 N–H and O–H groups in total. The number of hydrogen-bond donors (Lipinski definition) is 2. The fourth-order valence-corrected chi connectivity index (χ4v) is 4.78. The average molecular weight is 503 g/mol. The summed E-state index contributed by atoms with van der Waals surface area (Å²) in [4.78, 5) is 22.6. The van der Waals surface area contributed by atoms with Crippen LogP contribution in [0.4, 0.5) is 23.2 Å². The Hall–Kier alpha value is -3.27. The minimum Gasteiger partial charge on any atom is -0.383 e. The Morgan fingerprint density at radius 1 is 1.14 bits per heavy atom. The average Bonchev–Trinajstić information content (AvgIpc) is 3.71. The maximum absolute atomic E-state index is 14.9. The SMILES string of the molecule is C[C@@H](Nc1c(F)cnc2cnc(C3(O)CCN(C(=O)C4CC4)CC3)cc12)c1cccc(C(F)F)c1F. The van der Waals surface area contributed by atoms with Crippen LogP contribution in [0.3, 0.4) is 0 Å². The first-order chi connectivity index (χ1) is 17.2. The van der Waals surface area contributed by atoms with Crippen molar-refractivity contribution in [3.8, 4) is 0 Å². The van der Waals surface area contributed by atoms with Gasteiger partial charge in [0, 0.05) is 30.0 Å². The zero-order valence-corrected chi connectivity index (χ0v) is 19.6. The van der Waals surface area contributed by atoms with E-state index in [1.807, 2.05) is 0 Å². The fourth-order valence-electron chi connectivity index (χ4n) is 4.78. The number of likely N-dealkylation sites (tertiary alicyclic amines) is 1. The van der Waals surface area contributed by atoms with E-state index in [4.69, 9.17) is 0 Å². The molecule has 5 rings (SSSR count). The van der Waals surface area contributed by atoms with Crippen molar-refractivity contribution in [1.29, 1.82) is 0 Å². The Labute approximate surface area is 205 Å². The van der Waals surface area contributed by atoms with Crippen LogP contribution in [0.1, 0.15) is 61.9 Å². The number of carbonyl (C=O) groups is 1. The number of nitrogens with one attached hydrogen (secondary N) is 1. The zero-order valence-electron chi connectivity index (χ0n) is 19.6. The van der Waals surface area contributed by atoms with Gasteiger partial charge in [-0.15, -0.1) is 0 Å². The molecule has 1 saturated heterocycles. The van der Waals surface area contributed by atoms with Gasteiger partial charge in [-0.25, -0.2) is 17.6 Å². The van der Waals surface area contributed by atoms with Gasteiger partial charge in [0.25, 0.3) is 6.43 Å². The molecule has 1 aliphatic heterocycles. The van der Waals surface area contributed by atoms with Crippen molar-refractivity contribution < 1.29 is 27.5 Å². The van der Waals surface area contributed by atoms with Crippen molar-refractivity contribution in [2.45, 2.75) is 50.7 Å². The van der Waals surface area contributed by atoms with E-state index >= 15 is 0 Å². The van der Waals surface area contributed by atoms with Gasteiger partial charge in [-0.05, 0) is 38.7 Å². The van der Waals surface area contributed by atoms with Crippen molar-refractivity contribution in [2.75, 3.05) is 18.4 Å². The first-order valence-corrected chi connectivity index (χ1v) is 12.0. The van der Waals surface area contributed by atoms with E-state index in [1.54, 1.807) is 17.9 Å². The van der Waals surface area contributed by atoms with Crippen molar-refractivity contribution in [2.24, 2.45) is 5.92 Å². The van der Waals surface area contributed by atoms with E-state index in [-0.39, 0.29) is 35.9 Å². The predicted octanol–water partition coefficient (Wildman–Crippen LogP) is 5.24. The van der Waals surface area contributed by atoms with Crippen LogP contribution in [0.25, 0.3) is 10.9 Å². The van der Waals surface area contributed by atoms with Gasteiger partial charge in [-0.2, -0.15) is 0 Å². The summed E-state index contributed by atoms with van der Waals surface area (Å²) in [6.07, 6.45) is 1.86. The van der Waals surface area contributed by atoms with Crippen LogP contribution in [-0.4, -0.2) is 39.0 Å². The fraction of sp³-hybridized carbons (Fsp3) is 0.423. The largest absolute Gasteiger partial charge is 0.383 e. The molecule has 1 amide bonds. The Balaban J connectivity index is 1.44. The molecule has 3 aromatic rings. The molecule has 1 atom stereocenters. The molecule has 6 nitrogen and oxygen atoms in total. The second-order valence-corrected chi connectivity index (χ2v) is 9.62. The lowest BCUT2D eigenvalue weighted by Crippen LogP contribution is -2.46. The first-order valence-electron chi connectivity index (χ1n) is 12.0. The minimum atomic E-state index is -2.98. The van der Waals surface area contributed by atoms with Crippen LogP contribution in [0.15, 0.2) is 36.7 Å². The number of rotatable bonds is 6. The molecular weight excluding hydrogens is 476 g/mol. The van der Waals surface area contributed by atoms with E-state index in [0.717, 1.165) is 25.1 Å². The third kappa shape index (κ3) is 4.50. The number of piperidine rings is 1. The molecule has 2 aromatic heterocycles. The second kappa shape index (κ2) is 9.31. The van der Waals surface area contributed by atoms with Crippen molar-refractivity contribution >= 4 is 22.5 Å². The molecular formula is C26H26F4N4O2. The molecule has 1 aromatic carbocycles. The molecule has 10 heteroatoms. The lowest BCUT2D eigenvalue weighted by atomic mass is 9.87. The molecule has 0 bridgehead atoms. The highest BCUT2D eigenvalue weighted by Crippen LogP contribution is 2.38. The molecule has 2 aliphatic rings. The highest BCUT2D eigenvalue weighted by Gasteiger charge is 2.40. The van der Waals surface area contributed by atoms with Crippen LogP contribution in [0, 0.1) is 17.6 Å². The van der Waals surface area contributed by atoms with Crippen LogP contribution < -0.4 is 5.32 Å². The normalized spacial score (nSPS) is 18.5. The van der Waals surface area contributed by atoms with Gasteiger partial charge in [0.1, 0.15) is 11.4 Å². The Morgan fingerprint density at radius 3 is 2.50 bits per heavy atom. The van der Waals surface area contributed by atoms with Gasteiger partial charge in [-0.3, -0.25) is 14.8 Å². The maximum Gasteiger partial charge on any atom is 0.266 e. The summed E-state index contributed by atoms with van der Waals surface area (Å²) >= 11 is 0. The molecule has 3 heterocycles. The van der Waals surface area contributed by atoms with E-state index in [9.17, 15) is 27.5 Å². The highest BCUT2D eigenvalue weighted by atomic mass is 19.3. The minimum absolute atomic E-state index is 0.00273. The molecule has 36 heavy (non-hydrogen) atoms. The molecule has 2 fully saturated rings. The lowest BCUT2D eigenvalue weighted by Gasteiger charge is -2.38. The quantitative estimate of drug-likeness (QED) is 0.451. The molecule has 190 valence electrons. The summed E-state index contributed by atoms with van der Waals surface area (Å²) in [5, 5.41) is 14.6. The second-order valence-electron chi connectivity index (χ2n) is 9.62. The monoisotopic (exact) mass is 502 g/mol. The molecule has 1 aliphatic carbocycles. The number of alkyl halides is 2. The van der Waals surface area contributed by atoms with E-state index < -0.39 is 35.3 Å². The van der Waals surface area contributed by atoms with Gasteiger partial charge in [-0.1, -0.05) is 18.2 Å². The van der Waals surface area contributed by atoms with Crippen LogP contribution in [0.2, 0.25) is 0 Å². The summed E-state index contributed by atoms with van der Waals surface area (Å²) in [5.41, 5.74) is -1.38. The molecule has 1 saturated carbocycles. The van der Waals surface area contributed by atoms with Gasteiger partial charge in [0.15, 0.2) is 5.82 Å². The third-order valence-electron chi connectivity index (χ3n) is 7.13. The van der Waals surface area contributed by atoms with Gasteiger partial charge < -0.3 is 15.3 Å². The standard InChI is InChI=1S/C26H26F4N4O2/c1-14(16-3-2-4-17(22(16)28)24(29)30)33-23-18-11-21(32-13-20(18)31-12-19(23)27)26(36)7-9-34(10-8-26)25(35)15-5-6-15/h2-4,11-15,24,36H,5-10H2,1H3,(H,31,33)/t14-/m1/s1. The van der Waals surface area contributed by atoms with Gasteiger partial charge in [0.2, 0.25) is 5.91 Å². The van der Waals surface area contributed by atoms with Gasteiger partial charge in [0.05, 0.1) is 40.9 Å². The summed E-state index contributed by atoms with van der Waals surface area (Å²) in [7, 11) is 0. The Morgan fingerprint density at radius 2 is 1.83 bits per heavy atom. The third-order valence-corrected chi connectivity index (χ3v) is 7.13. The predicted molar refractivity (Wildman–Crippen MR) is 125 cm³/mol. The maximum atomic E-state index is 14.9. The van der Waals surface area contributed by atoms with E-state index in [0.29, 0.717) is 29.7 Å². The summed E-state index contributed by atoms with van der Waals surface area (Å²) in [5.74, 6) is -1.53. The summed E-state index contributed by atoms with van der Waals surface area (Å²) in [6.45, 7) is 2.34. The number of benzene rings is 1. The molecule has 0 radical (unpaired) electrons. The van der Waals surface area contributed by atoms with Crippen molar-refractivity contribution in [3.05, 3.63) is 65.1 Å². The Bertz CT molecular complexity index is 1310. The number of aliphatic hydroxyl groups is 1. The topological polar surface area (TPSA) is 78.4 Å². The number of fused-ring (bicyclic) bond motifs is 1. The number of halogens is 4. The number of aromatic nitrogens is 2. The summed E-state index contributed by atoms with van der Waals surface area (Å²) in [6, 6.07) is 4.41. The van der Waals surface area contributed by atoms with Crippen molar-refractivity contribution in [3.63, 3.8) is 0 Å². The highest BCUT2D eigenvalue weighted by molar-refractivity contribution is 5.91. The molecule has 0 unspecified atom stereocenters. The van der Waals surface area contributed by atoms with Crippen LogP contribution in [-0.2, 0) is 10.4 Å². The van der Waals surface area contributed by atoms with Crippen molar-refractivity contribution in [1.82, 2.24) is 14.9 Å².